The van der Waals surface area contributed by atoms with Crippen molar-refractivity contribution in [2.45, 2.75) is 18.8 Å². The number of benzene rings is 1. The summed E-state index contributed by atoms with van der Waals surface area (Å²) in [6.45, 7) is 0. The van der Waals surface area contributed by atoms with Gasteiger partial charge >= 0.3 is 5.97 Å². The van der Waals surface area contributed by atoms with Crippen LogP contribution < -0.4 is 0 Å². The van der Waals surface area contributed by atoms with Crippen molar-refractivity contribution in [2.75, 3.05) is 7.11 Å². The standard InChI is InChI=1S/C12H12O3/c1-15-12(14)11-5-8(7-13)4-10(6-11)9-2-3-9/h4-7,9H,2-3H2,1H3. The van der Waals surface area contributed by atoms with Gasteiger partial charge in [0.15, 0.2) is 0 Å². The van der Waals surface area contributed by atoms with Crippen molar-refractivity contribution in [1.29, 1.82) is 0 Å². The van der Waals surface area contributed by atoms with E-state index < -0.39 is 0 Å². The maximum atomic E-state index is 11.3. The zero-order valence-corrected chi connectivity index (χ0v) is 8.53. The summed E-state index contributed by atoms with van der Waals surface area (Å²) in [7, 11) is 1.34. The predicted octanol–water partition coefficient (Wildman–Crippen LogP) is 2.16. The molecule has 1 aliphatic rings. The second kappa shape index (κ2) is 3.85. The minimum atomic E-state index is -0.388. The lowest BCUT2D eigenvalue weighted by atomic mass is 10.0. The molecule has 1 aromatic rings. The summed E-state index contributed by atoms with van der Waals surface area (Å²) in [4.78, 5) is 22.1. The van der Waals surface area contributed by atoms with Crippen LogP contribution in [0.3, 0.4) is 0 Å². The number of carbonyl (C=O) groups is 2. The van der Waals surface area contributed by atoms with E-state index in [1.54, 1.807) is 6.07 Å². The zero-order chi connectivity index (χ0) is 10.8. The van der Waals surface area contributed by atoms with Gasteiger partial charge in [-0.25, -0.2) is 4.79 Å². The van der Waals surface area contributed by atoms with Gasteiger partial charge in [0.2, 0.25) is 0 Å². The smallest absolute Gasteiger partial charge is 0.337 e. The van der Waals surface area contributed by atoms with Crippen LogP contribution in [-0.4, -0.2) is 19.4 Å². The second-order valence-electron chi connectivity index (χ2n) is 3.77. The number of methoxy groups -OCH3 is 1. The molecule has 78 valence electrons. The summed E-state index contributed by atoms with van der Waals surface area (Å²) in [6, 6.07) is 5.22. The van der Waals surface area contributed by atoms with Crippen molar-refractivity contribution in [3.05, 3.63) is 34.9 Å². The molecular formula is C12H12O3. The Labute approximate surface area is 88.1 Å². The van der Waals surface area contributed by atoms with E-state index in [1.807, 2.05) is 12.1 Å². The molecule has 1 fully saturated rings. The first-order valence-corrected chi connectivity index (χ1v) is 4.93. The van der Waals surface area contributed by atoms with Gasteiger partial charge in [0, 0.05) is 5.56 Å². The molecule has 0 heterocycles. The molecule has 0 aliphatic heterocycles. The highest BCUT2D eigenvalue weighted by molar-refractivity contribution is 5.92. The van der Waals surface area contributed by atoms with Gasteiger partial charge in [-0.05, 0) is 42.5 Å². The van der Waals surface area contributed by atoms with E-state index in [1.165, 1.54) is 7.11 Å². The number of esters is 1. The van der Waals surface area contributed by atoms with Crippen molar-refractivity contribution in [2.24, 2.45) is 0 Å². The number of carbonyl (C=O) groups excluding carboxylic acids is 2. The van der Waals surface area contributed by atoms with E-state index in [0.717, 1.165) is 24.7 Å². The second-order valence-corrected chi connectivity index (χ2v) is 3.77. The fraction of sp³-hybridized carbons (Fsp3) is 0.333. The van der Waals surface area contributed by atoms with Gasteiger partial charge in [-0.2, -0.15) is 0 Å². The van der Waals surface area contributed by atoms with Crippen LogP contribution in [0.2, 0.25) is 0 Å². The van der Waals surface area contributed by atoms with E-state index in [9.17, 15) is 9.59 Å². The molecule has 0 radical (unpaired) electrons. The van der Waals surface area contributed by atoms with Crippen molar-refractivity contribution < 1.29 is 14.3 Å². The van der Waals surface area contributed by atoms with E-state index in [-0.39, 0.29) is 5.97 Å². The SMILES string of the molecule is COC(=O)c1cc(C=O)cc(C2CC2)c1. The van der Waals surface area contributed by atoms with Gasteiger partial charge in [-0.1, -0.05) is 0 Å². The summed E-state index contributed by atoms with van der Waals surface area (Å²) >= 11 is 0. The van der Waals surface area contributed by atoms with Crippen molar-refractivity contribution >= 4 is 12.3 Å². The van der Waals surface area contributed by atoms with Crippen LogP contribution in [-0.2, 0) is 4.74 Å². The Balaban J connectivity index is 2.40. The molecule has 0 amide bonds. The molecule has 0 aromatic heterocycles. The minimum absolute atomic E-state index is 0.388. The maximum absolute atomic E-state index is 11.3. The minimum Gasteiger partial charge on any atom is -0.465 e. The summed E-state index contributed by atoms with van der Waals surface area (Å²) in [6.07, 6.45) is 3.05. The van der Waals surface area contributed by atoms with Crippen LogP contribution in [0.5, 0.6) is 0 Å². The summed E-state index contributed by atoms with van der Waals surface area (Å²) in [5, 5.41) is 0. The Morgan fingerprint density at radius 1 is 1.40 bits per heavy atom. The number of hydrogen-bond acceptors (Lipinski definition) is 3. The molecule has 3 nitrogen and oxygen atoms in total. The lowest BCUT2D eigenvalue weighted by Crippen LogP contribution is -2.03. The first kappa shape index (κ1) is 9.90. The molecule has 0 spiro atoms. The average molecular weight is 204 g/mol. The molecular weight excluding hydrogens is 192 g/mol. The Bertz CT molecular complexity index is 405. The largest absolute Gasteiger partial charge is 0.465 e. The third-order valence-electron chi connectivity index (χ3n) is 2.58. The van der Waals surface area contributed by atoms with Crippen LogP contribution >= 0.6 is 0 Å². The highest BCUT2D eigenvalue weighted by Crippen LogP contribution is 2.40. The fourth-order valence-corrected chi connectivity index (χ4v) is 1.63. The van der Waals surface area contributed by atoms with Gasteiger partial charge in [-0.3, -0.25) is 4.79 Å². The summed E-state index contributed by atoms with van der Waals surface area (Å²) in [5.41, 5.74) is 2.07. The molecule has 1 aromatic carbocycles. The quantitative estimate of drug-likeness (QED) is 0.559. The molecule has 0 bridgehead atoms. The van der Waals surface area contributed by atoms with Crippen LogP contribution in [0, 0.1) is 0 Å². The average Bonchev–Trinajstić information content (AvgIpc) is 3.11. The lowest BCUT2D eigenvalue weighted by Gasteiger charge is -2.04. The highest BCUT2D eigenvalue weighted by atomic mass is 16.5. The van der Waals surface area contributed by atoms with Gasteiger partial charge in [0.25, 0.3) is 0 Å². The van der Waals surface area contributed by atoms with E-state index in [2.05, 4.69) is 4.74 Å². The summed E-state index contributed by atoms with van der Waals surface area (Å²) < 4.78 is 4.64. The zero-order valence-electron chi connectivity index (χ0n) is 8.53. The first-order valence-electron chi connectivity index (χ1n) is 4.93. The normalized spacial score (nSPS) is 14.7. The van der Waals surface area contributed by atoms with Crippen molar-refractivity contribution in [1.82, 2.24) is 0 Å². The lowest BCUT2D eigenvalue weighted by molar-refractivity contribution is 0.0600. The van der Waals surface area contributed by atoms with Crippen LogP contribution in [0.25, 0.3) is 0 Å². The Morgan fingerprint density at radius 3 is 2.67 bits per heavy atom. The summed E-state index contributed by atoms with van der Waals surface area (Å²) in [5.74, 6) is 0.133. The Hall–Kier alpha value is -1.64. The van der Waals surface area contributed by atoms with Gasteiger partial charge in [0.05, 0.1) is 12.7 Å². The first-order chi connectivity index (χ1) is 7.24. The molecule has 3 heteroatoms. The van der Waals surface area contributed by atoms with Crippen LogP contribution in [0.4, 0.5) is 0 Å². The number of aldehydes is 1. The van der Waals surface area contributed by atoms with E-state index >= 15 is 0 Å². The van der Waals surface area contributed by atoms with Gasteiger partial charge in [0.1, 0.15) is 6.29 Å². The van der Waals surface area contributed by atoms with E-state index in [0.29, 0.717) is 17.0 Å². The van der Waals surface area contributed by atoms with E-state index in [4.69, 9.17) is 0 Å². The molecule has 0 saturated heterocycles. The molecule has 0 N–H and O–H groups in total. The molecule has 15 heavy (non-hydrogen) atoms. The molecule has 0 unspecified atom stereocenters. The topological polar surface area (TPSA) is 43.4 Å². The van der Waals surface area contributed by atoms with Crippen molar-refractivity contribution in [3.8, 4) is 0 Å². The Kier molecular flexibility index (Phi) is 2.54. The van der Waals surface area contributed by atoms with Gasteiger partial charge in [-0.15, -0.1) is 0 Å². The number of rotatable bonds is 3. The number of ether oxygens (including phenoxy) is 1. The third-order valence-corrected chi connectivity index (χ3v) is 2.58. The molecule has 0 atom stereocenters. The molecule has 2 rings (SSSR count). The van der Waals surface area contributed by atoms with Crippen molar-refractivity contribution in [3.63, 3.8) is 0 Å². The number of hydrogen-bond donors (Lipinski definition) is 0. The van der Waals surface area contributed by atoms with Gasteiger partial charge < -0.3 is 4.74 Å². The maximum Gasteiger partial charge on any atom is 0.337 e. The Morgan fingerprint density at radius 2 is 2.13 bits per heavy atom. The molecule has 1 aliphatic carbocycles. The monoisotopic (exact) mass is 204 g/mol. The van der Waals surface area contributed by atoms with Crippen LogP contribution in [0.15, 0.2) is 18.2 Å². The highest BCUT2D eigenvalue weighted by Gasteiger charge is 2.24. The third kappa shape index (κ3) is 2.06. The molecule has 1 saturated carbocycles. The fourth-order valence-electron chi connectivity index (χ4n) is 1.63. The predicted molar refractivity (Wildman–Crippen MR) is 55.1 cm³/mol. The van der Waals surface area contributed by atoms with Crippen LogP contribution in [0.1, 0.15) is 45.0 Å².